The van der Waals surface area contributed by atoms with Crippen molar-refractivity contribution in [1.29, 1.82) is 0 Å². The van der Waals surface area contributed by atoms with Gasteiger partial charge in [0.25, 0.3) is 0 Å². The molecule has 1 aliphatic heterocycles. The monoisotopic (exact) mass is 339 g/mol. The number of rotatable bonds is 7. The molecule has 130 valence electrons. The highest BCUT2D eigenvalue weighted by molar-refractivity contribution is 7.89. The van der Waals surface area contributed by atoms with Gasteiger partial charge in [-0.15, -0.1) is 0 Å². The number of sulfonamides is 1. The van der Waals surface area contributed by atoms with Gasteiger partial charge in [0, 0.05) is 38.8 Å². The lowest BCUT2D eigenvalue weighted by Gasteiger charge is -2.26. The molecule has 0 radical (unpaired) electrons. The largest absolute Gasteiger partial charge is 0.301 e. The first-order valence-corrected chi connectivity index (χ1v) is 10.1. The zero-order valence-electron chi connectivity index (χ0n) is 14.2. The van der Waals surface area contributed by atoms with Crippen LogP contribution in [0.2, 0.25) is 0 Å². The topological polar surface area (TPSA) is 52.7 Å². The molecule has 1 N–H and O–H groups in total. The van der Waals surface area contributed by atoms with Crippen LogP contribution >= 0.6 is 0 Å². The number of nitrogens with one attached hydrogen (secondary N) is 1. The van der Waals surface area contributed by atoms with Crippen LogP contribution in [-0.4, -0.2) is 62.7 Å². The Morgan fingerprint density at radius 3 is 2.61 bits per heavy atom. The number of hydrogen-bond acceptors (Lipinski definition) is 4. The summed E-state index contributed by atoms with van der Waals surface area (Å²) in [7, 11) is -3.08. The van der Waals surface area contributed by atoms with Gasteiger partial charge < -0.3 is 4.90 Å². The van der Waals surface area contributed by atoms with E-state index in [1.54, 1.807) is 6.92 Å². The number of benzene rings is 1. The van der Waals surface area contributed by atoms with Crippen molar-refractivity contribution in [3.63, 3.8) is 0 Å². The van der Waals surface area contributed by atoms with E-state index in [0.717, 1.165) is 39.1 Å². The maximum atomic E-state index is 11.5. The normalized spacial score (nSPS) is 21.2. The number of nitrogens with zero attached hydrogens (tertiary/aromatic N) is 2. The third-order valence-corrected chi connectivity index (χ3v) is 5.95. The van der Waals surface area contributed by atoms with Crippen LogP contribution in [0.25, 0.3) is 0 Å². The highest BCUT2D eigenvalue weighted by Gasteiger charge is 2.20. The first-order chi connectivity index (χ1) is 11.0. The van der Waals surface area contributed by atoms with Crippen LogP contribution in [0.4, 0.5) is 0 Å². The maximum absolute atomic E-state index is 11.5. The summed E-state index contributed by atoms with van der Waals surface area (Å²) in [5.41, 5.74) is 1.35. The molecule has 0 aromatic heterocycles. The highest BCUT2D eigenvalue weighted by Crippen LogP contribution is 2.14. The van der Waals surface area contributed by atoms with E-state index in [-0.39, 0.29) is 5.75 Å². The molecule has 2 rings (SSSR count). The zero-order valence-corrected chi connectivity index (χ0v) is 15.1. The standard InChI is InChI=1S/C17H29N3O2S/c1-3-23(21,22)18-10-12-19-11-9-16(2)20(14-13-19)15-17-7-5-4-6-8-17/h4-8,16,18H,3,9-15H2,1-2H3. The van der Waals surface area contributed by atoms with Crippen molar-refractivity contribution < 1.29 is 8.42 Å². The van der Waals surface area contributed by atoms with Crippen LogP contribution in [0.5, 0.6) is 0 Å². The molecule has 1 unspecified atom stereocenters. The van der Waals surface area contributed by atoms with Gasteiger partial charge in [0.1, 0.15) is 0 Å². The second-order valence-electron chi connectivity index (χ2n) is 6.23. The molecule has 0 aliphatic carbocycles. The van der Waals surface area contributed by atoms with Crippen molar-refractivity contribution in [1.82, 2.24) is 14.5 Å². The van der Waals surface area contributed by atoms with E-state index < -0.39 is 10.0 Å². The summed E-state index contributed by atoms with van der Waals surface area (Å²) in [6.45, 7) is 9.26. The lowest BCUT2D eigenvalue weighted by molar-refractivity contribution is 0.206. The fourth-order valence-electron chi connectivity index (χ4n) is 2.89. The Labute approximate surface area is 140 Å². The molecule has 1 atom stereocenters. The van der Waals surface area contributed by atoms with E-state index in [2.05, 4.69) is 51.8 Å². The van der Waals surface area contributed by atoms with Crippen molar-refractivity contribution in [2.24, 2.45) is 0 Å². The molecule has 1 heterocycles. The third kappa shape index (κ3) is 6.22. The van der Waals surface area contributed by atoms with Crippen LogP contribution in [0.15, 0.2) is 30.3 Å². The molecule has 1 aromatic carbocycles. The molecule has 1 aromatic rings. The first kappa shape index (κ1) is 18.4. The van der Waals surface area contributed by atoms with Crippen LogP contribution in [0.3, 0.4) is 0 Å². The van der Waals surface area contributed by atoms with Crippen molar-refractivity contribution in [2.45, 2.75) is 32.9 Å². The molecule has 1 fully saturated rings. The molecule has 1 saturated heterocycles. The Hall–Kier alpha value is -0.950. The van der Waals surface area contributed by atoms with Gasteiger partial charge in [0.15, 0.2) is 0 Å². The van der Waals surface area contributed by atoms with E-state index >= 15 is 0 Å². The zero-order chi connectivity index (χ0) is 16.7. The average Bonchev–Trinajstić information content (AvgIpc) is 2.72. The molecule has 0 spiro atoms. The highest BCUT2D eigenvalue weighted by atomic mass is 32.2. The van der Waals surface area contributed by atoms with Crippen LogP contribution in [0.1, 0.15) is 25.8 Å². The quantitative estimate of drug-likeness (QED) is 0.818. The van der Waals surface area contributed by atoms with Gasteiger partial charge in [-0.25, -0.2) is 13.1 Å². The predicted octanol–water partition coefficient (Wildman–Crippen LogP) is 1.52. The van der Waals surface area contributed by atoms with Gasteiger partial charge >= 0.3 is 0 Å². The van der Waals surface area contributed by atoms with Gasteiger partial charge in [0.2, 0.25) is 10.0 Å². The molecule has 23 heavy (non-hydrogen) atoms. The minimum atomic E-state index is -3.08. The third-order valence-electron chi connectivity index (χ3n) is 4.55. The van der Waals surface area contributed by atoms with Crippen LogP contribution in [-0.2, 0) is 16.6 Å². The van der Waals surface area contributed by atoms with Gasteiger partial charge in [-0.3, -0.25) is 4.90 Å². The summed E-state index contributed by atoms with van der Waals surface area (Å²) in [6.07, 6.45) is 1.12. The second kappa shape index (κ2) is 8.78. The minimum Gasteiger partial charge on any atom is -0.301 e. The molecular weight excluding hydrogens is 310 g/mol. The summed E-state index contributed by atoms with van der Waals surface area (Å²) in [5, 5.41) is 0. The molecule has 6 heteroatoms. The smallest absolute Gasteiger partial charge is 0.211 e. The fourth-order valence-corrected chi connectivity index (χ4v) is 3.50. The maximum Gasteiger partial charge on any atom is 0.211 e. The lowest BCUT2D eigenvalue weighted by atomic mass is 10.1. The predicted molar refractivity (Wildman–Crippen MR) is 94.8 cm³/mol. The van der Waals surface area contributed by atoms with Crippen LogP contribution in [0, 0.1) is 0 Å². The Balaban J connectivity index is 1.81. The summed E-state index contributed by atoms with van der Waals surface area (Å²) < 4.78 is 25.6. The molecule has 5 nitrogen and oxygen atoms in total. The second-order valence-corrected chi connectivity index (χ2v) is 8.33. The lowest BCUT2D eigenvalue weighted by Crippen LogP contribution is -2.37. The molecule has 0 amide bonds. The van der Waals surface area contributed by atoms with Gasteiger partial charge in [-0.05, 0) is 32.4 Å². The molecule has 0 saturated carbocycles. The van der Waals surface area contributed by atoms with Crippen molar-refractivity contribution in [3.05, 3.63) is 35.9 Å². The summed E-state index contributed by atoms with van der Waals surface area (Å²) in [6, 6.07) is 11.1. The van der Waals surface area contributed by atoms with Crippen LogP contribution < -0.4 is 4.72 Å². The van der Waals surface area contributed by atoms with Gasteiger partial charge in [-0.2, -0.15) is 0 Å². The minimum absolute atomic E-state index is 0.148. The van der Waals surface area contributed by atoms with Crippen molar-refractivity contribution in [2.75, 3.05) is 38.5 Å². The average molecular weight is 340 g/mol. The Morgan fingerprint density at radius 1 is 1.17 bits per heavy atom. The molecule has 0 bridgehead atoms. The molecule has 1 aliphatic rings. The summed E-state index contributed by atoms with van der Waals surface area (Å²) in [4.78, 5) is 4.88. The Morgan fingerprint density at radius 2 is 1.91 bits per heavy atom. The van der Waals surface area contributed by atoms with E-state index in [1.807, 2.05) is 0 Å². The summed E-state index contributed by atoms with van der Waals surface area (Å²) >= 11 is 0. The van der Waals surface area contributed by atoms with Crippen molar-refractivity contribution >= 4 is 10.0 Å². The van der Waals surface area contributed by atoms with Gasteiger partial charge in [0.05, 0.1) is 5.75 Å². The van der Waals surface area contributed by atoms with Gasteiger partial charge in [-0.1, -0.05) is 30.3 Å². The van der Waals surface area contributed by atoms with E-state index in [1.165, 1.54) is 5.56 Å². The molecular formula is C17H29N3O2S. The number of hydrogen-bond donors (Lipinski definition) is 1. The van der Waals surface area contributed by atoms with E-state index in [9.17, 15) is 8.42 Å². The Bertz CT molecular complexity index is 562. The SMILES string of the molecule is CCS(=O)(=O)NCCN1CCC(C)N(Cc2ccccc2)CC1. The van der Waals surface area contributed by atoms with Crippen molar-refractivity contribution in [3.8, 4) is 0 Å². The van der Waals surface area contributed by atoms with E-state index in [4.69, 9.17) is 0 Å². The summed E-state index contributed by atoms with van der Waals surface area (Å²) in [5.74, 6) is 0.148. The first-order valence-electron chi connectivity index (χ1n) is 8.48. The fraction of sp³-hybridized carbons (Fsp3) is 0.647. The van der Waals surface area contributed by atoms with E-state index in [0.29, 0.717) is 12.6 Å². The Kier molecular flexibility index (Phi) is 7.02.